The van der Waals surface area contributed by atoms with E-state index in [2.05, 4.69) is 27.4 Å². The summed E-state index contributed by atoms with van der Waals surface area (Å²) in [6.07, 6.45) is 11.7. The normalized spacial score (nSPS) is 19.9. The number of anilines is 1. The van der Waals surface area contributed by atoms with Crippen molar-refractivity contribution in [2.24, 2.45) is 0 Å². The third kappa shape index (κ3) is 6.04. The Morgan fingerprint density at radius 3 is 2.70 bits per heavy atom. The third-order valence-electron chi connectivity index (χ3n) is 9.68. The zero-order valence-corrected chi connectivity index (χ0v) is 28.6. The van der Waals surface area contributed by atoms with Gasteiger partial charge in [0.25, 0.3) is 0 Å². The second-order valence-electron chi connectivity index (χ2n) is 14.4. The van der Waals surface area contributed by atoms with E-state index in [4.69, 9.17) is 20.9 Å². The highest BCUT2D eigenvalue weighted by Crippen LogP contribution is 2.42. The van der Waals surface area contributed by atoms with Gasteiger partial charge in [0.1, 0.15) is 35.0 Å². The first-order valence-electron chi connectivity index (χ1n) is 17.0. The highest BCUT2D eigenvalue weighted by molar-refractivity contribution is 6.03. The molecule has 1 atom stereocenters. The fourth-order valence-corrected chi connectivity index (χ4v) is 7.54. The Hall–Kier alpha value is -5.02. The minimum Gasteiger partial charge on any atom is -0.508 e. The fraction of sp³-hybridized carbons (Fsp3) is 0.421. The molecule has 5 heterocycles. The van der Waals surface area contributed by atoms with Crippen LogP contribution in [0.4, 0.5) is 19.4 Å². The van der Waals surface area contributed by atoms with Crippen molar-refractivity contribution in [3.05, 3.63) is 59.8 Å². The summed E-state index contributed by atoms with van der Waals surface area (Å²) in [4.78, 5) is 29.9. The molecule has 12 heteroatoms. The highest BCUT2D eigenvalue weighted by atomic mass is 19.1. The van der Waals surface area contributed by atoms with Crippen LogP contribution in [0.2, 0.25) is 0 Å². The molecular weight excluding hydrogens is 642 g/mol. The standard InChI is InChI=1S/C38H40F2N6O4/c1-6-26-29(39)12-11-24-17-25(47)18-27(30(24)26)32-31(40)33-28(20-41-32)34(45-15-8-7-9-16-46(45)36(48)50-37(3,4)5)43-35(42-33)49-22-38-13-10-14-44(38)21-23(2)19-38/h1,11-12,17-18,20,47H,2,7-10,13-16,19,21-22H2,3-5H3. The Morgan fingerprint density at radius 2 is 1.92 bits per heavy atom. The lowest BCUT2D eigenvalue weighted by Gasteiger charge is -2.36. The van der Waals surface area contributed by atoms with Crippen molar-refractivity contribution in [2.75, 3.05) is 37.8 Å². The second-order valence-corrected chi connectivity index (χ2v) is 14.4. The van der Waals surface area contributed by atoms with Crippen molar-refractivity contribution in [3.8, 4) is 35.4 Å². The van der Waals surface area contributed by atoms with Crippen LogP contribution in [-0.4, -0.2) is 80.0 Å². The minimum atomic E-state index is -0.844. The van der Waals surface area contributed by atoms with Crippen molar-refractivity contribution in [3.63, 3.8) is 0 Å². The lowest BCUT2D eigenvalue weighted by molar-refractivity contribution is 0.0232. The number of hydrogen-bond donors (Lipinski definition) is 1. The maximum absolute atomic E-state index is 17.1. The van der Waals surface area contributed by atoms with Crippen LogP contribution in [0, 0.1) is 24.0 Å². The molecule has 1 amide bonds. The van der Waals surface area contributed by atoms with Crippen molar-refractivity contribution in [1.82, 2.24) is 24.9 Å². The van der Waals surface area contributed by atoms with Crippen LogP contribution in [0.5, 0.6) is 11.8 Å². The Kier molecular flexibility index (Phi) is 8.50. The van der Waals surface area contributed by atoms with Crippen molar-refractivity contribution in [2.45, 2.75) is 70.4 Å². The quantitative estimate of drug-likeness (QED) is 0.174. The number of carbonyl (C=O) groups excluding carboxylic acids is 1. The SMILES string of the molecule is C#Cc1c(F)ccc2cc(O)cc(-c3ncc4c(N5CCCCCN5C(=O)OC(C)(C)C)nc(OCC56CCCN5CC(=C)C6)nc4c3F)c12. The van der Waals surface area contributed by atoms with Crippen LogP contribution in [0.1, 0.15) is 64.9 Å². The van der Waals surface area contributed by atoms with E-state index in [0.717, 1.165) is 57.2 Å². The molecule has 1 unspecified atom stereocenters. The average molecular weight is 683 g/mol. The number of hydrogen-bond acceptors (Lipinski definition) is 9. The number of pyridine rings is 1. The molecule has 260 valence electrons. The molecule has 50 heavy (non-hydrogen) atoms. The summed E-state index contributed by atoms with van der Waals surface area (Å²) in [6, 6.07) is 5.34. The van der Waals surface area contributed by atoms with E-state index in [1.54, 1.807) is 25.8 Å². The number of fused-ring (bicyclic) bond motifs is 3. The smallest absolute Gasteiger partial charge is 0.429 e. The molecule has 0 spiro atoms. The molecular formula is C38H40F2N6O4. The molecule has 2 aromatic carbocycles. The number of halogens is 2. The van der Waals surface area contributed by atoms with Gasteiger partial charge in [-0.25, -0.2) is 18.6 Å². The summed E-state index contributed by atoms with van der Waals surface area (Å²) < 4.78 is 44.1. The van der Waals surface area contributed by atoms with E-state index >= 15 is 4.39 Å². The fourth-order valence-electron chi connectivity index (χ4n) is 7.54. The van der Waals surface area contributed by atoms with Crippen molar-refractivity contribution in [1.29, 1.82) is 0 Å². The number of benzene rings is 2. The molecule has 3 aliphatic heterocycles. The highest BCUT2D eigenvalue weighted by Gasteiger charge is 2.46. The molecule has 3 aliphatic rings. The minimum absolute atomic E-state index is 0.0631. The maximum atomic E-state index is 17.1. The molecule has 1 N–H and O–H groups in total. The third-order valence-corrected chi connectivity index (χ3v) is 9.68. The molecule has 0 bridgehead atoms. The van der Waals surface area contributed by atoms with E-state index in [1.165, 1.54) is 35.5 Å². The zero-order valence-electron chi connectivity index (χ0n) is 28.6. The predicted octanol–water partition coefficient (Wildman–Crippen LogP) is 7.13. The van der Waals surface area contributed by atoms with Gasteiger partial charge >= 0.3 is 12.1 Å². The van der Waals surface area contributed by atoms with Gasteiger partial charge in [0, 0.05) is 36.8 Å². The van der Waals surface area contributed by atoms with Crippen LogP contribution < -0.4 is 9.75 Å². The topological polar surface area (TPSA) is 104 Å². The van der Waals surface area contributed by atoms with Crippen LogP contribution in [0.15, 0.2) is 42.6 Å². The van der Waals surface area contributed by atoms with Gasteiger partial charge in [0.15, 0.2) is 11.6 Å². The van der Waals surface area contributed by atoms with E-state index in [-0.39, 0.29) is 62.8 Å². The molecule has 3 fully saturated rings. The van der Waals surface area contributed by atoms with Crippen molar-refractivity contribution >= 4 is 33.6 Å². The Morgan fingerprint density at radius 1 is 1.12 bits per heavy atom. The van der Waals surface area contributed by atoms with Crippen LogP contribution >= 0.6 is 0 Å². The summed E-state index contributed by atoms with van der Waals surface area (Å²) >= 11 is 0. The Balaban J connectivity index is 1.41. The first-order valence-corrected chi connectivity index (χ1v) is 17.0. The predicted molar refractivity (Wildman–Crippen MR) is 187 cm³/mol. The summed E-state index contributed by atoms with van der Waals surface area (Å²) in [5, 5.41) is 14.7. The number of ether oxygens (including phenoxy) is 2. The molecule has 0 radical (unpaired) electrons. The van der Waals surface area contributed by atoms with E-state index < -0.39 is 23.3 Å². The lowest BCUT2D eigenvalue weighted by Crippen LogP contribution is -2.49. The first kappa shape index (κ1) is 33.5. The number of carbonyl (C=O) groups is 1. The van der Waals surface area contributed by atoms with Crippen LogP contribution in [0.3, 0.4) is 0 Å². The number of hydrazine groups is 1. The molecule has 0 saturated carbocycles. The lowest BCUT2D eigenvalue weighted by atomic mass is 9.94. The maximum Gasteiger partial charge on any atom is 0.429 e. The molecule has 3 saturated heterocycles. The Bertz CT molecular complexity index is 2080. The number of aromatic hydroxyl groups is 1. The molecule has 4 aromatic rings. The number of aromatic nitrogens is 3. The van der Waals surface area contributed by atoms with E-state index in [9.17, 15) is 14.3 Å². The number of phenols is 1. The van der Waals surface area contributed by atoms with Gasteiger partial charge < -0.3 is 14.6 Å². The molecule has 0 aliphatic carbocycles. The monoisotopic (exact) mass is 682 g/mol. The number of phenolic OH excluding ortho intramolecular Hbond substituents is 1. The summed E-state index contributed by atoms with van der Waals surface area (Å²) in [7, 11) is 0. The average Bonchev–Trinajstić information content (AvgIpc) is 3.46. The number of rotatable bonds is 5. The second kappa shape index (κ2) is 12.7. The zero-order chi connectivity index (χ0) is 35.4. The first-order chi connectivity index (χ1) is 23.9. The molecule has 7 rings (SSSR count). The van der Waals surface area contributed by atoms with Gasteiger partial charge in [-0.1, -0.05) is 24.1 Å². The summed E-state index contributed by atoms with van der Waals surface area (Å²) in [5.74, 6) is 0.930. The van der Waals surface area contributed by atoms with Gasteiger partial charge in [-0.05, 0) is 89.4 Å². The summed E-state index contributed by atoms with van der Waals surface area (Å²) in [6.45, 7) is 12.4. The molecule has 2 aromatic heterocycles. The van der Waals surface area contributed by atoms with Crippen LogP contribution in [-0.2, 0) is 4.74 Å². The Labute approximate surface area is 289 Å². The van der Waals surface area contributed by atoms with Crippen molar-refractivity contribution < 1.29 is 28.2 Å². The number of terminal acetylenes is 1. The van der Waals surface area contributed by atoms with Crippen LogP contribution in [0.25, 0.3) is 32.9 Å². The van der Waals surface area contributed by atoms with E-state index in [0.29, 0.717) is 18.5 Å². The molecule has 10 nitrogen and oxygen atoms in total. The van der Waals surface area contributed by atoms with Gasteiger partial charge in [-0.3, -0.25) is 14.9 Å². The largest absolute Gasteiger partial charge is 0.508 e. The van der Waals surface area contributed by atoms with Gasteiger partial charge in [0.05, 0.1) is 16.5 Å². The van der Waals surface area contributed by atoms with Gasteiger partial charge in [-0.15, -0.1) is 6.42 Å². The van der Waals surface area contributed by atoms with Gasteiger partial charge in [0.2, 0.25) is 0 Å². The van der Waals surface area contributed by atoms with Gasteiger partial charge in [-0.2, -0.15) is 9.97 Å². The summed E-state index contributed by atoms with van der Waals surface area (Å²) in [5.41, 5.74) is -0.156. The number of nitrogens with zero attached hydrogens (tertiary/aromatic N) is 6. The van der Waals surface area contributed by atoms with E-state index in [1.807, 2.05) is 0 Å². The number of amides is 1.